The Bertz CT molecular complexity index is 803. The average molecular weight is 355 g/mol. The number of ketones is 1. The molecule has 0 bridgehead atoms. The van der Waals surface area contributed by atoms with E-state index in [2.05, 4.69) is 0 Å². The molecular weight excluding hydrogens is 330 g/mol. The molecule has 1 aromatic heterocycles. The van der Waals surface area contributed by atoms with Crippen molar-refractivity contribution in [2.75, 3.05) is 20.3 Å². The molecule has 2 aromatic rings. The van der Waals surface area contributed by atoms with Crippen LogP contribution in [-0.4, -0.2) is 36.6 Å². The van der Waals surface area contributed by atoms with Gasteiger partial charge in [-0.15, -0.1) is 0 Å². The maximum absolute atomic E-state index is 12.6. The second-order valence-corrected chi connectivity index (χ2v) is 6.88. The van der Waals surface area contributed by atoms with Crippen LogP contribution in [0, 0.1) is 13.8 Å². The van der Waals surface area contributed by atoms with E-state index in [1.54, 1.807) is 7.11 Å². The zero-order valence-corrected chi connectivity index (χ0v) is 15.6. The van der Waals surface area contributed by atoms with Crippen molar-refractivity contribution in [1.29, 1.82) is 0 Å². The highest BCUT2D eigenvalue weighted by Crippen LogP contribution is 2.49. The van der Waals surface area contributed by atoms with Crippen LogP contribution < -0.4 is 0 Å². The molecule has 0 unspecified atom stereocenters. The minimum Gasteiger partial charge on any atom is -0.457 e. The number of aromatic nitrogens is 1. The first-order valence-electron chi connectivity index (χ1n) is 8.91. The monoisotopic (exact) mass is 355 g/mol. The Morgan fingerprint density at radius 2 is 1.85 bits per heavy atom. The number of esters is 1. The molecule has 26 heavy (non-hydrogen) atoms. The van der Waals surface area contributed by atoms with Crippen molar-refractivity contribution in [3.05, 3.63) is 58.9 Å². The number of rotatable bonds is 8. The minimum absolute atomic E-state index is 0.168. The van der Waals surface area contributed by atoms with Crippen molar-refractivity contribution in [2.45, 2.75) is 38.6 Å². The Morgan fingerprint density at radius 3 is 2.46 bits per heavy atom. The van der Waals surface area contributed by atoms with Crippen LogP contribution in [0.1, 0.15) is 40.2 Å². The highest BCUT2D eigenvalue weighted by molar-refractivity contribution is 6.00. The van der Waals surface area contributed by atoms with Gasteiger partial charge < -0.3 is 14.0 Å². The van der Waals surface area contributed by atoms with Gasteiger partial charge in [-0.05, 0) is 38.3 Å². The molecule has 138 valence electrons. The molecule has 1 aliphatic carbocycles. The standard InChI is InChI=1S/C21H25NO4/c1-15-13-18(16(2)22(15)11-12-25-3)19(23)14-26-20(24)21(9-10-21)17-7-5-4-6-8-17/h4-8,13H,9-12,14H2,1-3H3. The maximum Gasteiger partial charge on any atom is 0.317 e. The lowest BCUT2D eigenvalue weighted by molar-refractivity contribution is -0.145. The molecule has 5 nitrogen and oxygen atoms in total. The van der Waals surface area contributed by atoms with E-state index in [9.17, 15) is 9.59 Å². The summed E-state index contributed by atoms with van der Waals surface area (Å²) in [5.74, 6) is -0.468. The lowest BCUT2D eigenvalue weighted by atomic mass is 9.96. The number of benzene rings is 1. The number of aryl methyl sites for hydroxylation is 1. The zero-order valence-electron chi connectivity index (χ0n) is 15.6. The van der Waals surface area contributed by atoms with E-state index in [0.717, 1.165) is 29.8 Å². The van der Waals surface area contributed by atoms with Crippen molar-refractivity contribution >= 4 is 11.8 Å². The molecule has 0 aliphatic heterocycles. The molecule has 0 spiro atoms. The number of hydrogen-bond acceptors (Lipinski definition) is 4. The first-order chi connectivity index (χ1) is 12.5. The lowest BCUT2D eigenvalue weighted by Crippen LogP contribution is -2.26. The van der Waals surface area contributed by atoms with Crippen molar-refractivity contribution < 1.29 is 19.1 Å². The normalized spacial score (nSPS) is 14.9. The van der Waals surface area contributed by atoms with Crippen LogP contribution in [0.15, 0.2) is 36.4 Å². The van der Waals surface area contributed by atoms with Gasteiger partial charge in [0.1, 0.15) is 0 Å². The third-order valence-electron chi connectivity index (χ3n) is 5.19. The highest BCUT2D eigenvalue weighted by atomic mass is 16.5. The Morgan fingerprint density at radius 1 is 1.15 bits per heavy atom. The number of carbonyl (C=O) groups excluding carboxylic acids is 2. The van der Waals surface area contributed by atoms with Gasteiger partial charge in [0.2, 0.25) is 5.78 Å². The average Bonchev–Trinajstić information content (AvgIpc) is 3.41. The van der Waals surface area contributed by atoms with Crippen LogP contribution >= 0.6 is 0 Å². The summed E-state index contributed by atoms with van der Waals surface area (Å²) in [6.07, 6.45) is 1.55. The third-order valence-corrected chi connectivity index (χ3v) is 5.19. The predicted molar refractivity (Wildman–Crippen MR) is 98.4 cm³/mol. The molecular formula is C21H25NO4. The lowest BCUT2D eigenvalue weighted by Gasteiger charge is -2.14. The van der Waals surface area contributed by atoms with Gasteiger partial charge in [0.05, 0.1) is 12.0 Å². The van der Waals surface area contributed by atoms with Crippen LogP contribution in [0.25, 0.3) is 0 Å². The van der Waals surface area contributed by atoms with Gasteiger partial charge in [0.25, 0.3) is 0 Å². The summed E-state index contributed by atoms with van der Waals surface area (Å²) in [6.45, 7) is 4.92. The van der Waals surface area contributed by atoms with Gasteiger partial charge in [-0.2, -0.15) is 0 Å². The fourth-order valence-electron chi connectivity index (χ4n) is 3.45. The van der Waals surface area contributed by atoms with Gasteiger partial charge in [0, 0.05) is 30.6 Å². The molecule has 1 fully saturated rings. The van der Waals surface area contributed by atoms with Gasteiger partial charge >= 0.3 is 5.97 Å². The van der Waals surface area contributed by atoms with Crippen LogP contribution in [0.4, 0.5) is 0 Å². The van der Waals surface area contributed by atoms with Gasteiger partial charge in [-0.3, -0.25) is 9.59 Å². The number of methoxy groups -OCH3 is 1. The van der Waals surface area contributed by atoms with E-state index in [4.69, 9.17) is 9.47 Å². The second kappa shape index (κ2) is 7.46. The Balaban J connectivity index is 1.65. The molecule has 0 atom stereocenters. The van der Waals surface area contributed by atoms with Crippen LogP contribution in [0.3, 0.4) is 0 Å². The second-order valence-electron chi connectivity index (χ2n) is 6.88. The molecule has 1 aliphatic rings. The van der Waals surface area contributed by atoms with E-state index >= 15 is 0 Å². The molecule has 1 saturated carbocycles. The topological polar surface area (TPSA) is 57.5 Å². The van der Waals surface area contributed by atoms with Crippen LogP contribution in [-0.2, 0) is 26.2 Å². The zero-order chi connectivity index (χ0) is 18.7. The van der Waals surface area contributed by atoms with Gasteiger partial charge in [0.15, 0.2) is 6.61 Å². The summed E-state index contributed by atoms with van der Waals surface area (Å²) >= 11 is 0. The molecule has 0 radical (unpaired) electrons. The summed E-state index contributed by atoms with van der Waals surface area (Å²) in [5.41, 5.74) is 2.89. The smallest absolute Gasteiger partial charge is 0.317 e. The minimum atomic E-state index is -0.559. The van der Waals surface area contributed by atoms with E-state index in [-0.39, 0.29) is 18.4 Å². The molecule has 5 heteroatoms. The van der Waals surface area contributed by atoms with Gasteiger partial charge in [-0.25, -0.2) is 0 Å². The molecule has 1 aromatic carbocycles. The fraction of sp³-hybridized carbons (Fsp3) is 0.429. The third kappa shape index (κ3) is 3.44. The van der Waals surface area contributed by atoms with E-state index in [1.807, 2.05) is 54.8 Å². The number of Topliss-reactive ketones (excluding diaryl/α,β-unsaturated/α-hetero) is 1. The van der Waals surface area contributed by atoms with E-state index in [1.165, 1.54) is 0 Å². The van der Waals surface area contributed by atoms with Crippen molar-refractivity contribution in [1.82, 2.24) is 4.57 Å². The van der Waals surface area contributed by atoms with Crippen molar-refractivity contribution in [2.24, 2.45) is 0 Å². The number of carbonyl (C=O) groups is 2. The SMILES string of the molecule is COCCn1c(C)cc(C(=O)COC(=O)C2(c3ccccc3)CC2)c1C. The Hall–Kier alpha value is -2.40. The Labute approximate surface area is 153 Å². The molecule has 1 heterocycles. The number of hydrogen-bond donors (Lipinski definition) is 0. The number of nitrogens with zero attached hydrogens (tertiary/aromatic N) is 1. The molecule has 3 rings (SSSR count). The Kier molecular flexibility index (Phi) is 5.28. The summed E-state index contributed by atoms with van der Waals surface area (Å²) in [4.78, 5) is 25.1. The summed E-state index contributed by atoms with van der Waals surface area (Å²) < 4.78 is 12.6. The molecule has 0 N–H and O–H groups in total. The quantitative estimate of drug-likeness (QED) is 0.539. The first kappa shape index (κ1) is 18.4. The van der Waals surface area contributed by atoms with Crippen LogP contribution in [0.2, 0.25) is 0 Å². The largest absolute Gasteiger partial charge is 0.457 e. The summed E-state index contributed by atoms with van der Waals surface area (Å²) in [6, 6.07) is 11.5. The fourth-order valence-corrected chi connectivity index (χ4v) is 3.45. The van der Waals surface area contributed by atoms with Gasteiger partial charge in [-0.1, -0.05) is 30.3 Å². The summed E-state index contributed by atoms with van der Waals surface area (Å²) in [7, 11) is 1.65. The summed E-state index contributed by atoms with van der Waals surface area (Å²) in [5, 5.41) is 0. The van der Waals surface area contributed by atoms with Crippen molar-refractivity contribution in [3.8, 4) is 0 Å². The van der Waals surface area contributed by atoms with Crippen LogP contribution in [0.5, 0.6) is 0 Å². The highest BCUT2D eigenvalue weighted by Gasteiger charge is 2.52. The van der Waals surface area contributed by atoms with E-state index in [0.29, 0.717) is 18.7 Å². The first-order valence-corrected chi connectivity index (χ1v) is 8.91. The van der Waals surface area contributed by atoms with Crippen molar-refractivity contribution in [3.63, 3.8) is 0 Å². The predicted octanol–water partition coefficient (Wildman–Crippen LogP) is 3.21. The maximum atomic E-state index is 12.6. The van der Waals surface area contributed by atoms with E-state index < -0.39 is 5.41 Å². The molecule has 0 saturated heterocycles. The molecule has 0 amide bonds. The number of ether oxygens (including phenoxy) is 2.